The first-order chi connectivity index (χ1) is 5.47. The van der Waals surface area contributed by atoms with Crippen LogP contribution in [0.25, 0.3) is 0 Å². The summed E-state index contributed by atoms with van der Waals surface area (Å²) >= 11 is 0. The van der Waals surface area contributed by atoms with Crippen LogP contribution in [0.2, 0.25) is 0 Å². The molecule has 0 fully saturated rings. The fraction of sp³-hybridized carbons (Fsp3) is 0. The maximum Gasteiger partial charge on any atom is 0.422 e. The van der Waals surface area contributed by atoms with Gasteiger partial charge >= 0.3 is 5.84 Å². The highest BCUT2D eigenvalue weighted by Crippen LogP contribution is 1.99. The molecule has 0 radical (unpaired) electrons. The van der Waals surface area contributed by atoms with Gasteiger partial charge in [-0.15, -0.1) is 0 Å². The lowest BCUT2D eigenvalue weighted by Crippen LogP contribution is -1.95. The fourth-order valence-corrected chi connectivity index (χ4v) is 0.977. The van der Waals surface area contributed by atoms with Crippen LogP contribution in [-0.2, 0) is 0 Å². The second-order valence-electron chi connectivity index (χ2n) is 2.25. The average molecular weight is 143 g/mol. The van der Waals surface area contributed by atoms with Crippen molar-refractivity contribution in [2.45, 2.75) is 0 Å². The molecule has 0 aliphatic carbocycles. The Kier molecular flexibility index (Phi) is 1.39. The second kappa shape index (κ2) is 2.52. The largest absolute Gasteiger partial charge is 0.422 e. The van der Waals surface area contributed by atoms with Gasteiger partial charge in [0.15, 0.2) is 6.21 Å². The van der Waals surface area contributed by atoms with Crippen molar-refractivity contribution in [1.82, 2.24) is 4.67 Å². The van der Waals surface area contributed by atoms with Crippen LogP contribution >= 0.6 is 0 Å². The molecule has 0 aromatic heterocycles. The van der Waals surface area contributed by atoms with Crippen molar-refractivity contribution in [3.63, 3.8) is 0 Å². The Bertz CT molecular complexity index is 343. The van der Waals surface area contributed by atoms with E-state index < -0.39 is 0 Å². The van der Waals surface area contributed by atoms with Crippen LogP contribution in [-0.4, -0.2) is 18.3 Å². The lowest BCUT2D eigenvalue weighted by atomic mass is 10.2. The Morgan fingerprint density at radius 3 is 2.55 bits per heavy atom. The van der Waals surface area contributed by atoms with Crippen LogP contribution < -0.4 is 4.67 Å². The number of benzene rings is 1. The van der Waals surface area contributed by atoms with Gasteiger partial charge in [-0.1, -0.05) is 18.2 Å². The van der Waals surface area contributed by atoms with Gasteiger partial charge in [0.05, 0.1) is 5.56 Å². The van der Waals surface area contributed by atoms with Crippen LogP contribution in [0.5, 0.6) is 0 Å². The minimum absolute atomic E-state index is 0.797. The van der Waals surface area contributed by atoms with Crippen LogP contribution in [0.3, 0.4) is 0 Å². The van der Waals surface area contributed by atoms with E-state index in [1.165, 1.54) is 0 Å². The first-order valence-electron chi connectivity index (χ1n) is 3.46. The second-order valence-corrected chi connectivity index (χ2v) is 2.25. The van der Waals surface area contributed by atoms with E-state index in [9.17, 15) is 0 Å². The van der Waals surface area contributed by atoms with Gasteiger partial charge in [0.2, 0.25) is 6.21 Å². The SMILES string of the molecule is C1=NC(c2ccccc2)=[N+]=C1. The van der Waals surface area contributed by atoms with Crippen molar-refractivity contribution in [3.8, 4) is 0 Å². The van der Waals surface area contributed by atoms with Gasteiger partial charge < -0.3 is 0 Å². The summed E-state index contributed by atoms with van der Waals surface area (Å²) in [5.74, 6) is 0.797. The summed E-state index contributed by atoms with van der Waals surface area (Å²) < 4.78 is 4.08. The molecule has 0 unspecified atom stereocenters. The van der Waals surface area contributed by atoms with Crippen molar-refractivity contribution in [2.75, 3.05) is 0 Å². The summed E-state index contributed by atoms with van der Waals surface area (Å²) in [6.45, 7) is 0. The lowest BCUT2D eigenvalue weighted by molar-refractivity contribution is 1.54. The maximum absolute atomic E-state index is 4.08. The summed E-state index contributed by atoms with van der Waals surface area (Å²) in [6.07, 6.45) is 3.39. The fourth-order valence-electron chi connectivity index (χ4n) is 0.977. The molecule has 2 nitrogen and oxygen atoms in total. The van der Waals surface area contributed by atoms with E-state index >= 15 is 0 Å². The molecule has 11 heavy (non-hydrogen) atoms. The van der Waals surface area contributed by atoms with E-state index in [4.69, 9.17) is 0 Å². The molecule has 0 amide bonds. The van der Waals surface area contributed by atoms with Crippen molar-refractivity contribution in [1.29, 1.82) is 0 Å². The normalized spacial score (nSPS) is 13.6. The van der Waals surface area contributed by atoms with Gasteiger partial charge in [0.1, 0.15) is 0 Å². The number of hydrogen-bond acceptors (Lipinski definition) is 1. The highest BCUT2D eigenvalue weighted by Gasteiger charge is 2.12. The topological polar surface area (TPSA) is 26.5 Å². The van der Waals surface area contributed by atoms with Gasteiger partial charge in [0.25, 0.3) is 0 Å². The Hall–Kier alpha value is -1.66. The van der Waals surface area contributed by atoms with E-state index in [2.05, 4.69) is 9.66 Å². The Morgan fingerprint density at radius 2 is 1.91 bits per heavy atom. The molecule has 1 aromatic carbocycles. The molecule has 2 heteroatoms. The molecule has 1 aromatic rings. The third kappa shape index (κ3) is 1.11. The smallest absolute Gasteiger partial charge is 0.203 e. The first-order valence-corrected chi connectivity index (χ1v) is 3.46. The first kappa shape index (κ1) is 6.08. The molecule has 0 saturated heterocycles. The van der Waals surface area contributed by atoms with Gasteiger partial charge in [-0.2, -0.15) is 0 Å². The predicted molar refractivity (Wildman–Crippen MR) is 47.2 cm³/mol. The molecular formula is C9H7N2+. The van der Waals surface area contributed by atoms with E-state index in [1.54, 1.807) is 12.4 Å². The average Bonchev–Trinajstić information content (AvgIpc) is 2.58. The van der Waals surface area contributed by atoms with E-state index in [1.807, 2.05) is 30.3 Å². The van der Waals surface area contributed by atoms with Crippen molar-refractivity contribution >= 4 is 18.3 Å². The summed E-state index contributed by atoms with van der Waals surface area (Å²) in [7, 11) is 0. The van der Waals surface area contributed by atoms with Gasteiger partial charge in [-0.3, -0.25) is 0 Å². The monoisotopic (exact) mass is 143 g/mol. The zero-order chi connectivity index (χ0) is 7.52. The Morgan fingerprint density at radius 1 is 1.09 bits per heavy atom. The Labute approximate surface area is 64.7 Å². The highest BCUT2D eigenvalue weighted by molar-refractivity contribution is 6.25. The quantitative estimate of drug-likeness (QED) is 0.516. The minimum atomic E-state index is 0.797. The third-order valence-electron chi connectivity index (χ3n) is 1.49. The predicted octanol–water partition coefficient (Wildman–Crippen LogP) is 0.656. The number of rotatable bonds is 1. The number of hydrogen-bond donors (Lipinski definition) is 0. The minimum Gasteiger partial charge on any atom is -0.203 e. The van der Waals surface area contributed by atoms with Crippen LogP contribution in [0.4, 0.5) is 0 Å². The lowest BCUT2D eigenvalue weighted by Gasteiger charge is -1.84. The number of nitrogens with zero attached hydrogens (tertiary/aromatic N) is 2. The maximum atomic E-state index is 4.08. The van der Waals surface area contributed by atoms with Crippen molar-refractivity contribution < 1.29 is 0 Å². The summed E-state index contributed by atoms with van der Waals surface area (Å²) in [4.78, 5) is 4.08. The molecular weight excluding hydrogens is 136 g/mol. The van der Waals surface area contributed by atoms with Crippen LogP contribution in [0.1, 0.15) is 5.56 Å². The van der Waals surface area contributed by atoms with Crippen molar-refractivity contribution in [2.24, 2.45) is 4.99 Å². The number of aliphatic imine (C=N–C) groups is 1. The molecule has 2 rings (SSSR count). The summed E-state index contributed by atoms with van der Waals surface area (Å²) in [5, 5.41) is 0. The molecule has 0 spiro atoms. The third-order valence-corrected chi connectivity index (χ3v) is 1.49. The van der Waals surface area contributed by atoms with Crippen LogP contribution in [0.15, 0.2) is 35.3 Å². The van der Waals surface area contributed by atoms with Crippen LogP contribution in [0, 0.1) is 0 Å². The van der Waals surface area contributed by atoms with Gasteiger partial charge in [-0.05, 0) is 17.1 Å². The van der Waals surface area contributed by atoms with E-state index in [-0.39, 0.29) is 0 Å². The highest BCUT2D eigenvalue weighted by atomic mass is 14.9. The summed E-state index contributed by atoms with van der Waals surface area (Å²) in [6, 6.07) is 9.93. The molecule has 0 saturated carbocycles. The number of amidine groups is 1. The molecule has 1 aliphatic heterocycles. The molecule has 52 valence electrons. The zero-order valence-corrected chi connectivity index (χ0v) is 5.94. The molecule has 1 heterocycles. The van der Waals surface area contributed by atoms with Crippen molar-refractivity contribution in [3.05, 3.63) is 35.9 Å². The molecule has 0 bridgehead atoms. The van der Waals surface area contributed by atoms with E-state index in [0.717, 1.165) is 11.4 Å². The Balaban J connectivity index is 2.46. The standard InChI is InChI=1S/C9H7N2/c1-2-4-8(5-3-1)9-10-6-7-11-9/h1-7H/q+1. The zero-order valence-electron chi connectivity index (χ0n) is 5.94. The van der Waals surface area contributed by atoms with Gasteiger partial charge in [0, 0.05) is 0 Å². The van der Waals surface area contributed by atoms with E-state index in [0.29, 0.717) is 0 Å². The summed E-state index contributed by atoms with van der Waals surface area (Å²) in [5.41, 5.74) is 1.07. The van der Waals surface area contributed by atoms with Gasteiger partial charge in [-0.25, -0.2) is 4.67 Å². The molecule has 1 aliphatic rings. The molecule has 0 atom stereocenters. The molecule has 0 N–H and O–H groups in total.